The Hall–Kier alpha value is 1.63. The molecule has 0 saturated carbocycles. The molecule has 0 aliphatic heterocycles. The lowest BCUT2D eigenvalue weighted by atomic mass is 10.5. The first-order valence-corrected chi connectivity index (χ1v) is 8.21. The summed E-state index contributed by atoms with van der Waals surface area (Å²) in [5.74, 6) is 1.91. The van der Waals surface area contributed by atoms with E-state index in [1.807, 2.05) is 0 Å². The summed E-state index contributed by atoms with van der Waals surface area (Å²) in [4.78, 5) is 0. The third kappa shape index (κ3) is 6.35. The first-order valence-electron chi connectivity index (χ1n) is 2.41. The molecule has 0 amide bonds. The number of hydrogen-bond acceptors (Lipinski definition) is 4. The third-order valence-corrected chi connectivity index (χ3v) is 2.89. The van der Waals surface area contributed by atoms with Crippen molar-refractivity contribution in [2.75, 3.05) is 17.8 Å². The minimum atomic E-state index is 0.949. The molecule has 0 saturated heterocycles. The van der Waals surface area contributed by atoms with Crippen LogP contribution in [-0.2, 0) is 3.17 Å². The standard InChI is InChI=1S/C4H7I2NOS2/c1-9-2-4(3-10-6)7-8-5/h2-3H2,1H3/b7-4-. The molecule has 0 unspecified atom stereocenters. The second-order valence-electron chi connectivity index (χ2n) is 1.41. The number of rotatable bonds is 5. The molecular formula is C4H7I2NOS2. The van der Waals surface area contributed by atoms with Crippen molar-refractivity contribution in [3.8, 4) is 0 Å². The monoisotopic (exact) mass is 403 g/mol. The van der Waals surface area contributed by atoms with Gasteiger partial charge in [0, 0.05) is 11.5 Å². The largest absolute Gasteiger partial charge is 0.327 e. The molecule has 0 rings (SSSR count). The van der Waals surface area contributed by atoms with Crippen molar-refractivity contribution in [2.24, 2.45) is 5.16 Å². The molecule has 6 heteroatoms. The molecule has 0 aromatic heterocycles. The zero-order chi connectivity index (χ0) is 7.82. The van der Waals surface area contributed by atoms with Crippen molar-refractivity contribution >= 4 is 70.6 Å². The Morgan fingerprint density at radius 3 is 2.70 bits per heavy atom. The fraction of sp³-hybridized carbons (Fsp3) is 0.750. The molecule has 2 nitrogen and oxygen atoms in total. The van der Waals surface area contributed by atoms with Crippen molar-refractivity contribution < 1.29 is 3.17 Å². The lowest BCUT2D eigenvalue weighted by Gasteiger charge is -1.97. The van der Waals surface area contributed by atoms with Crippen LogP contribution in [-0.4, -0.2) is 23.5 Å². The second kappa shape index (κ2) is 8.72. The summed E-state index contributed by atoms with van der Waals surface area (Å²) < 4.78 is 4.64. The number of hydrogen-bond donors (Lipinski definition) is 0. The van der Waals surface area contributed by atoms with Crippen LogP contribution in [0.1, 0.15) is 0 Å². The predicted molar refractivity (Wildman–Crippen MR) is 67.4 cm³/mol. The van der Waals surface area contributed by atoms with Crippen molar-refractivity contribution in [2.45, 2.75) is 0 Å². The van der Waals surface area contributed by atoms with Gasteiger partial charge in [-0.25, -0.2) is 0 Å². The van der Waals surface area contributed by atoms with Gasteiger partial charge in [0.25, 0.3) is 0 Å². The van der Waals surface area contributed by atoms with Gasteiger partial charge < -0.3 is 3.17 Å². The molecule has 0 bridgehead atoms. The summed E-state index contributed by atoms with van der Waals surface area (Å²) in [6, 6.07) is 0. The number of halogens is 2. The third-order valence-electron chi connectivity index (χ3n) is 0.696. The zero-order valence-electron chi connectivity index (χ0n) is 5.34. The minimum absolute atomic E-state index is 0.949. The van der Waals surface area contributed by atoms with Gasteiger partial charge in [0.05, 0.1) is 5.71 Å². The molecule has 0 radical (unpaired) electrons. The minimum Gasteiger partial charge on any atom is -0.327 e. The highest BCUT2D eigenvalue weighted by molar-refractivity contribution is 14.2. The molecule has 0 spiro atoms. The van der Waals surface area contributed by atoms with Gasteiger partial charge >= 0.3 is 0 Å². The molecule has 0 aliphatic rings. The van der Waals surface area contributed by atoms with Crippen LogP contribution in [0.2, 0.25) is 0 Å². The Morgan fingerprint density at radius 1 is 1.60 bits per heavy atom. The van der Waals surface area contributed by atoms with Crippen molar-refractivity contribution in [1.82, 2.24) is 0 Å². The van der Waals surface area contributed by atoms with Crippen LogP contribution < -0.4 is 0 Å². The first-order chi connectivity index (χ1) is 4.85. The Labute approximate surface area is 95.6 Å². The highest BCUT2D eigenvalue weighted by atomic mass is 127. The first kappa shape index (κ1) is 11.6. The molecule has 10 heavy (non-hydrogen) atoms. The SMILES string of the molecule is CSC/C(CSI)=N/OI. The van der Waals surface area contributed by atoms with E-state index in [-0.39, 0.29) is 0 Å². The average Bonchev–Trinajstić information content (AvgIpc) is 1.90. The van der Waals surface area contributed by atoms with Gasteiger partial charge in [0.1, 0.15) is 0 Å². The molecule has 0 heterocycles. The Kier molecular flexibility index (Phi) is 10.1. The fourth-order valence-electron chi connectivity index (χ4n) is 0.373. The summed E-state index contributed by atoms with van der Waals surface area (Å²) in [5, 5.41) is 3.86. The Morgan fingerprint density at radius 2 is 2.30 bits per heavy atom. The topological polar surface area (TPSA) is 21.6 Å². The van der Waals surface area contributed by atoms with Gasteiger partial charge in [-0.05, 0) is 27.5 Å². The van der Waals surface area contributed by atoms with E-state index in [1.54, 1.807) is 43.7 Å². The molecular weight excluding hydrogens is 396 g/mol. The smallest absolute Gasteiger partial charge is 0.230 e. The molecule has 0 fully saturated rings. The summed E-state index contributed by atoms with van der Waals surface area (Å²) in [7, 11) is 1.73. The number of thioether (sulfide) groups is 1. The zero-order valence-corrected chi connectivity index (χ0v) is 11.3. The molecule has 0 aromatic rings. The van der Waals surface area contributed by atoms with Crippen LogP contribution in [0.5, 0.6) is 0 Å². The van der Waals surface area contributed by atoms with Gasteiger partial charge in [0.2, 0.25) is 23.0 Å². The Balaban J connectivity index is 3.60. The van der Waals surface area contributed by atoms with Crippen LogP contribution in [0, 0.1) is 0 Å². The predicted octanol–water partition coefficient (Wildman–Crippen LogP) is 3.16. The van der Waals surface area contributed by atoms with Gasteiger partial charge in [-0.15, -0.1) is 0 Å². The summed E-state index contributed by atoms with van der Waals surface area (Å²) in [6.45, 7) is 0. The van der Waals surface area contributed by atoms with Crippen LogP contribution in [0.3, 0.4) is 0 Å². The maximum atomic E-state index is 4.64. The van der Waals surface area contributed by atoms with E-state index in [4.69, 9.17) is 0 Å². The van der Waals surface area contributed by atoms with Crippen LogP contribution >= 0.6 is 64.9 Å². The van der Waals surface area contributed by atoms with Gasteiger partial charge in [-0.1, -0.05) is 14.1 Å². The lowest BCUT2D eigenvalue weighted by Crippen LogP contribution is -2.03. The van der Waals surface area contributed by atoms with Crippen molar-refractivity contribution in [1.29, 1.82) is 0 Å². The van der Waals surface area contributed by atoms with Crippen molar-refractivity contribution in [3.63, 3.8) is 0 Å². The van der Waals surface area contributed by atoms with E-state index in [0.717, 1.165) is 17.2 Å². The maximum absolute atomic E-state index is 4.64. The second-order valence-corrected chi connectivity index (χ2v) is 5.05. The average molecular weight is 403 g/mol. The number of nitrogens with zero attached hydrogens (tertiary/aromatic N) is 1. The number of oxime groups is 1. The van der Waals surface area contributed by atoms with Gasteiger partial charge in [-0.2, -0.15) is 11.8 Å². The van der Waals surface area contributed by atoms with Crippen LogP contribution in [0.25, 0.3) is 0 Å². The lowest BCUT2D eigenvalue weighted by molar-refractivity contribution is 0.464. The van der Waals surface area contributed by atoms with Crippen molar-refractivity contribution in [3.05, 3.63) is 0 Å². The van der Waals surface area contributed by atoms with E-state index >= 15 is 0 Å². The van der Waals surface area contributed by atoms with E-state index in [2.05, 4.69) is 35.8 Å². The van der Waals surface area contributed by atoms with E-state index in [9.17, 15) is 0 Å². The summed E-state index contributed by atoms with van der Waals surface area (Å²) in [5.41, 5.74) is 1.10. The molecule has 0 N–H and O–H groups in total. The summed E-state index contributed by atoms with van der Waals surface area (Å²) >= 11 is 5.78. The van der Waals surface area contributed by atoms with Crippen LogP contribution in [0.15, 0.2) is 5.16 Å². The molecule has 0 atom stereocenters. The van der Waals surface area contributed by atoms with Gasteiger partial charge in [-0.3, -0.25) is 0 Å². The highest BCUT2D eigenvalue weighted by Crippen LogP contribution is 2.12. The summed E-state index contributed by atoms with van der Waals surface area (Å²) in [6.07, 6.45) is 2.06. The Bertz CT molecular complexity index is 103. The molecule has 0 aliphatic carbocycles. The van der Waals surface area contributed by atoms with Crippen LogP contribution in [0.4, 0.5) is 0 Å². The molecule has 0 aromatic carbocycles. The quantitative estimate of drug-likeness (QED) is 0.400. The van der Waals surface area contributed by atoms with Gasteiger partial charge in [0.15, 0.2) is 0 Å². The molecule has 60 valence electrons. The van der Waals surface area contributed by atoms with E-state index < -0.39 is 0 Å². The maximum Gasteiger partial charge on any atom is 0.230 e. The van der Waals surface area contributed by atoms with E-state index in [0.29, 0.717) is 0 Å². The van der Waals surface area contributed by atoms with E-state index in [1.165, 1.54) is 0 Å². The fourth-order valence-corrected chi connectivity index (χ4v) is 2.63. The normalized spacial score (nSPS) is 11.7. The highest BCUT2D eigenvalue weighted by Gasteiger charge is 1.97.